The molecule has 1 N–H and O–H groups in total. The molecule has 0 bridgehead atoms. The topological polar surface area (TPSA) is 107 Å². The second-order valence-corrected chi connectivity index (χ2v) is 5.31. The van der Waals surface area contributed by atoms with Crippen LogP contribution < -0.4 is 10.1 Å². The van der Waals surface area contributed by atoms with Gasteiger partial charge in [-0.2, -0.15) is 4.52 Å². The van der Waals surface area contributed by atoms with E-state index in [2.05, 4.69) is 25.8 Å². The van der Waals surface area contributed by atoms with Gasteiger partial charge < -0.3 is 14.6 Å². The van der Waals surface area contributed by atoms with Gasteiger partial charge in [0.25, 0.3) is 5.91 Å². The fraction of sp³-hybridized carbons (Fsp3) is 0.118. The van der Waals surface area contributed by atoms with Crippen LogP contribution in [0.3, 0.4) is 0 Å². The Bertz CT molecular complexity index is 1010. The third-order valence-corrected chi connectivity index (χ3v) is 3.57. The number of ether oxygens (including phenoxy) is 1. The molecule has 3 heterocycles. The Labute approximate surface area is 147 Å². The van der Waals surface area contributed by atoms with Gasteiger partial charge in [0, 0.05) is 17.7 Å². The molecule has 4 rings (SSSR count). The number of benzene rings is 1. The van der Waals surface area contributed by atoms with E-state index in [4.69, 9.17) is 9.26 Å². The van der Waals surface area contributed by atoms with Gasteiger partial charge in [-0.25, -0.2) is 0 Å². The number of nitrogens with one attached hydrogen (secondary N) is 1. The van der Waals surface area contributed by atoms with E-state index in [9.17, 15) is 4.79 Å². The number of amides is 1. The summed E-state index contributed by atoms with van der Waals surface area (Å²) < 4.78 is 12.0. The molecule has 0 saturated heterocycles. The molecular weight excluding hydrogens is 336 g/mol. The lowest BCUT2D eigenvalue weighted by Gasteiger charge is -2.06. The summed E-state index contributed by atoms with van der Waals surface area (Å²) in [6.07, 6.45) is 1.41. The van der Waals surface area contributed by atoms with Gasteiger partial charge in [0.05, 0.1) is 12.7 Å². The third-order valence-electron chi connectivity index (χ3n) is 3.57. The van der Waals surface area contributed by atoms with Crippen LogP contribution in [0, 0.1) is 0 Å². The molecule has 0 atom stereocenters. The van der Waals surface area contributed by atoms with Gasteiger partial charge in [-0.3, -0.25) is 4.79 Å². The first kappa shape index (κ1) is 15.8. The fourth-order valence-corrected chi connectivity index (χ4v) is 2.36. The van der Waals surface area contributed by atoms with Crippen molar-refractivity contribution in [2.24, 2.45) is 0 Å². The summed E-state index contributed by atoms with van der Waals surface area (Å²) >= 11 is 0. The molecule has 130 valence electrons. The fourth-order valence-electron chi connectivity index (χ4n) is 2.36. The second-order valence-electron chi connectivity index (χ2n) is 5.31. The lowest BCUT2D eigenvalue weighted by molar-refractivity contribution is 0.0909. The van der Waals surface area contributed by atoms with Crippen LogP contribution in [-0.4, -0.2) is 44.0 Å². The van der Waals surface area contributed by atoms with Crippen molar-refractivity contribution in [3.8, 4) is 17.3 Å². The molecule has 3 aromatic heterocycles. The van der Waals surface area contributed by atoms with Crippen molar-refractivity contribution in [2.45, 2.75) is 0 Å². The molecule has 1 amide bonds. The van der Waals surface area contributed by atoms with Gasteiger partial charge in [0.1, 0.15) is 6.61 Å². The number of carbonyl (C=O) groups is 1. The number of rotatable bonds is 6. The van der Waals surface area contributed by atoms with Crippen LogP contribution in [0.5, 0.6) is 5.88 Å². The summed E-state index contributed by atoms with van der Waals surface area (Å²) in [5.41, 5.74) is 1.53. The van der Waals surface area contributed by atoms with Gasteiger partial charge in [0.2, 0.25) is 11.6 Å². The molecule has 0 aliphatic heterocycles. The van der Waals surface area contributed by atoms with Crippen LogP contribution in [-0.2, 0) is 0 Å². The van der Waals surface area contributed by atoms with Crippen molar-refractivity contribution < 1.29 is 14.1 Å². The van der Waals surface area contributed by atoms with Gasteiger partial charge >= 0.3 is 0 Å². The molecule has 0 spiro atoms. The van der Waals surface area contributed by atoms with E-state index in [1.54, 1.807) is 16.6 Å². The van der Waals surface area contributed by atoms with Crippen LogP contribution in [0.15, 0.2) is 59.3 Å². The zero-order valence-electron chi connectivity index (χ0n) is 13.6. The largest absolute Gasteiger partial charge is 0.475 e. The van der Waals surface area contributed by atoms with Crippen molar-refractivity contribution in [3.63, 3.8) is 0 Å². The van der Waals surface area contributed by atoms with Crippen LogP contribution in [0.1, 0.15) is 10.6 Å². The first-order valence-corrected chi connectivity index (χ1v) is 7.91. The number of fused-ring (bicyclic) bond motifs is 1. The minimum atomic E-state index is -0.348. The maximum atomic E-state index is 11.7. The Hall–Kier alpha value is -3.75. The molecule has 4 aromatic rings. The van der Waals surface area contributed by atoms with Gasteiger partial charge in [-0.1, -0.05) is 35.5 Å². The summed E-state index contributed by atoms with van der Waals surface area (Å²) in [5.74, 6) is 0.842. The molecule has 0 aliphatic carbocycles. The lowest BCUT2D eigenvalue weighted by atomic mass is 10.2. The first-order chi connectivity index (χ1) is 12.8. The molecule has 9 heteroatoms. The van der Waals surface area contributed by atoms with Crippen molar-refractivity contribution in [1.82, 2.24) is 30.3 Å². The number of hydrogen-bond donors (Lipinski definition) is 1. The highest BCUT2D eigenvalue weighted by Crippen LogP contribution is 2.18. The standard InChI is InChI=1S/C17H14N6O3/c24-17(13-8-9-19-26-13)18-10-11-25-15-7-6-14-20-21-16(23(14)22-15)12-4-2-1-3-5-12/h1-9H,10-11H2,(H,18,24). The highest BCUT2D eigenvalue weighted by atomic mass is 16.5. The Morgan fingerprint density at radius 2 is 2.00 bits per heavy atom. The predicted molar refractivity (Wildman–Crippen MR) is 90.5 cm³/mol. The van der Waals surface area contributed by atoms with E-state index in [1.807, 2.05) is 30.3 Å². The molecule has 9 nitrogen and oxygen atoms in total. The van der Waals surface area contributed by atoms with Crippen LogP contribution in [0.25, 0.3) is 17.0 Å². The molecule has 0 fully saturated rings. The van der Waals surface area contributed by atoms with Crippen molar-refractivity contribution in [2.75, 3.05) is 13.2 Å². The van der Waals surface area contributed by atoms with Crippen LogP contribution in [0.4, 0.5) is 0 Å². The molecule has 1 aromatic carbocycles. The van der Waals surface area contributed by atoms with Gasteiger partial charge in [-0.15, -0.1) is 15.3 Å². The van der Waals surface area contributed by atoms with Crippen molar-refractivity contribution in [3.05, 3.63) is 60.5 Å². The average Bonchev–Trinajstić information content (AvgIpc) is 3.35. The van der Waals surface area contributed by atoms with Crippen LogP contribution in [0.2, 0.25) is 0 Å². The smallest absolute Gasteiger partial charge is 0.290 e. The number of hydrogen-bond acceptors (Lipinski definition) is 7. The van der Waals surface area contributed by atoms with E-state index in [1.165, 1.54) is 12.3 Å². The van der Waals surface area contributed by atoms with Gasteiger partial charge in [-0.05, 0) is 6.07 Å². The normalized spacial score (nSPS) is 10.8. The Kier molecular flexibility index (Phi) is 4.25. The quantitative estimate of drug-likeness (QED) is 0.526. The van der Waals surface area contributed by atoms with E-state index in [0.29, 0.717) is 23.9 Å². The maximum Gasteiger partial charge on any atom is 0.290 e. The third kappa shape index (κ3) is 3.22. The highest BCUT2D eigenvalue weighted by molar-refractivity contribution is 5.91. The molecule has 0 aliphatic rings. The van der Waals surface area contributed by atoms with E-state index in [-0.39, 0.29) is 18.3 Å². The molecule has 0 saturated carbocycles. The van der Waals surface area contributed by atoms with Crippen molar-refractivity contribution >= 4 is 11.6 Å². The van der Waals surface area contributed by atoms with E-state index >= 15 is 0 Å². The Morgan fingerprint density at radius 3 is 2.81 bits per heavy atom. The molecule has 0 radical (unpaired) electrons. The summed E-state index contributed by atoms with van der Waals surface area (Å²) in [4.78, 5) is 11.7. The summed E-state index contributed by atoms with van der Waals surface area (Å²) in [7, 11) is 0. The highest BCUT2D eigenvalue weighted by Gasteiger charge is 2.11. The zero-order valence-corrected chi connectivity index (χ0v) is 13.6. The molecular formula is C17H14N6O3. The summed E-state index contributed by atoms with van der Waals surface area (Å²) in [6, 6.07) is 14.6. The SMILES string of the molecule is O=C(NCCOc1ccc2nnc(-c3ccccc3)n2n1)c1ccno1. The second kappa shape index (κ2) is 7.01. The number of carbonyl (C=O) groups excluding carboxylic acids is 1. The minimum absolute atomic E-state index is 0.154. The number of nitrogens with zero attached hydrogens (tertiary/aromatic N) is 5. The Balaban J connectivity index is 1.42. The van der Waals surface area contributed by atoms with Gasteiger partial charge in [0.15, 0.2) is 11.5 Å². The van der Waals surface area contributed by atoms with E-state index < -0.39 is 0 Å². The minimum Gasteiger partial charge on any atom is -0.475 e. The average molecular weight is 350 g/mol. The van der Waals surface area contributed by atoms with E-state index in [0.717, 1.165) is 5.56 Å². The number of aromatic nitrogens is 5. The first-order valence-electron chi connectivity index (χ1n) is 7.91. The summed E-state index contributed by atoms with van der Waals surface area (Å²) in [6.45, 7) is 0.550. The van der Waals surface area contributed by atoms with Crippen molar-refractivity contribution in [1.29, 1.82) is 0 Å². The zero-order chi connectivity index (χ0) is 17.8. The molecule has 26 heavy (non-hydrogen) atoms. The summed E-state index contributed by atoms with van der Waals surface area (Å²) in [5, 5.41) is 18.8. The maximum absolute atomic E-state index is 11.7. The predicted octanol–water partition coefficient (Wildman–Crippen LogP) is 1.59. The molecule has 0 unspecified atom stereocenters. The monoisotopic (exact) mass is 350 g/mol. The Morgan fingerprint density at radius 1 is 1.12 bits per heavy atom. The lowest BCUT2D eigenvalue weighted by Crippen LogP contribution is -2.27. The van der Waals surface area contributed by atoms with Crippen LogP contribution >= 0.6 is 0 Å².